The van der Waals surface area contributed by atoms with E-state index in [1.165, 1.54) is 6.07 Å². The highest BCUT2D eigenvalue weighted by atomic mass is 28.3. The fraction of sp³-hybridized carbons (Fsp3) is 0.444. The molecule has 0 saturated heterocycles. The van der Waals surface area contributed by atoms with Crippen LogP contribution in [0.5, 0.6) is 5.75 Å². The zero-order chi connectivity index (χ0) is 25.5. The van der Waals surface area contributed by atoms with Crippen LogP contribution in [0.15, 0.2) is 36.4 Å². The largest absolute Gasteiger partial charge is 0.497 e. The number of carboxylic acids is 1. The lowest BCUT2D eigenvalue weighted by atomic mass is 9.73. The summed E-state index contributed by atoms with van der Waals surface area (Å²) in [4.78, 5) is 39.8. The molecule has 35 heavy (non-hydrogen) atoms. The molecule has 1 fully saturated rings. The summed E-state index contributed by atoms with van der Waals surface area (Å²) < 4.78 is 20.2. The molecule has 1 N–H and O–H groups in total. The molecule has 0 aromatic heterocycles. The lowest BCUT2D eigenvalue weighted by Crippen LogP contribution is -2.49. The van der Waals surface area contributed by atoms with Crippen molar-refractivity contribution in [3.05, 3.63) is 58.9 Å². The molecule has 1 atom stereocenters. The summed E-state index contributed by atoms with van der Waals surface area (Å²) >= 11 is 0. The molecular weight excluding hydrogens is 465 g/mol. The number of hydrogen-bond acceptors (Lipinski definition) is 4. The molecule has 1 aliphatic heterocycles. The fourth-order valence-electron chi connectivity index (χ4n) is 5.15. The first-order chi connectivity index (χ1) is 16.5. The number of amides is 1. The summed E-state index contributed by atoms with van der Waals surface area (Å²) in [5.74, 6) is -1.75. The molecule has 4 rings (SSSR count). The Kier molecular flexibility index (Phi) is 6.86. The topological polar surface area (TPSA) is 83.9 Å². The maximum absolute atomic E-state index is 14.8. The molecule has 1 unspecified atom stereocenters. The normalized spacial score (nSPS) is 21.6. The Bertz CT molecular complexity index is 1170. The summed E-state index contributed by atoms with van der Waals surface area (Å²) in [5, 5.41) is 9.92. The predicted octanol–water partition coefficient (Wildman–Crippen LogP) is 3.73. The monoisotopic (exact) mass is 497 g/mol. The molecule has 8 heteroatoms. The molecule has 2 aliphatic rings. The fourth-order valence-corrected chi connectivity index (χ4v) is 6.52. The maximum atomic E-state index is 14.8. The van der Waals surface area contributed by atoms with Crippen molar-refractivity contribution in [2.75, 3.05) is 13.7 Å². The van der Waals surface area contributed by atoms with Crippen LogP contribution in [-0.2, 0) is 27.2 Å². The number of fused-ring (bicyclic) bond motifs is 1. The number of benzene rings is 2. The van der Waals surface area contributed by atoms with Crippen LogP contribution in [0.3, 0.4) is 0 Å². The van der Waals surface area contributed by atoms with Gasteiger partial charge in [-0.3, -0.25) is 14.4 Å². The lowest BCUT2D eigenvalue weighted by Gasteiger charge is -2.41. The van der Waals surface area contributed by atoms with Crippen molar-refractivity contribution in [1.29, 1.82) is 0 Å². The Labute approximate surface area is 206 Å². The zero-order valence-corrected chi connectivity index (χ0v) is 21.6. The predicted molar refractivity (Wildman–Crippen MR) is 133 cm³/mol. The number of ketones is 1. The van der Waals surface area contributed by atoms with E-state index >= 15 is 0 Å². The second-order valence-electron chi connectivity index (χ2n) is 10.7. The first-order valence-electron chi connectivity index (χ1n) is 12.0. The minimum atomic E-state index is -1.85. The van der Waals surface area contributed by atoms with Gasteiger partial charge in [0.2, 0.25) is 5.91 Å². The highest BCUT2D eigenvalue weighted by molar-refractivity contribution is 6.88. The van der Waals surface area contributed by atoms with E-state index in [-0.39, 0.29) is 29.8 Å². The van der Waals surface area contributed by atoms with Crippen LogP contribution in [0, 0.1) is 17.7 Å². The maximum Gasteiger partial charge on any atom is 0.306 e. The van der Waals surface area contributed by atoms with E-state index in [9.17, 15) is 23.9 Å². The summed E-state index contributed by atoms with van der Waals surface area (Å²) in [5.41, 5.74) is 2.28. The van der Waals surface area contributed by atoms with E-state index in [4.69, 9.17) is 4.74 Å². The number of carboxylic acid groups (broad SMARTS) is 1. The van der Waals surface area contributed by atoms with Crippen molar-refractivity contribution in [3.63, 3.8) is 0 Å². The van der Waals surface area contributed by atoms with Gasteiger partial charge in [-0.05, 0) is 59.3 Å². The second-order valence-corrected chi connectivity index (χ2v) is 15.7. The lowest BCUT2D eigenvalue weighted by molar-refractivity contribution is -0.154. The van der Waals surface area contributed by atoms with Crippen LogP contribution in [0.2, 0.25) is 19.6 Å². The molecular formula is C27H32FNO5Si. The van der Waals surface area contributed by atoms with Gasteiger partial charge in [-0.15, -0.1) is 0 Å². The van der Waals surface area contributed by atoms with Gasteiger partial charge >= 0.3 is 5.97 Å². The highest BCUT2D eigenvalue weighted by Crippen LogP contribution is 2.40. The number of hydrogen-bond donors (Lipinski definition) is 1. The number of aliphatic carboxylic acids is 1. The standard InChI is InChI=1S/C27H32FNO5Si/c1-34-20-6-7-21-17(15-20)9-10-29(26(31)18-13-19(14-18)27(32)33)25(21)23(30)12-16-5-8-24(22(28)11-16)35(2,3)4/h5-8,11,15,18-19,25H,9-10,12-14H2,1-4H3,(H,32,33). The number of rotatable bonds is 7. The third-order valence-electron chi connectivity index (χ3n) is 7.22. The first kappa shape index (κ1) is 25.1. The Balaban J connectivity index is 1.62. The summed E-state index contributed by atoms with van der Waals surface area (Å²) in [6, 6.07) is 9.74. The Hall–Kier alpha value is -3.00. The van der Waals surface area contributed by atoms with E-state index < -0.39 is 26.0 Å². The molecule has 0 bridgehead atoms. The van der Waals surface area contributed by atoms with Crippen LogP contribution in [0.4, 0.5) is 4.39 Å². The van der Waals surface area contributed by atoms with E-state index in [0.717, 1.165) is 16.3 Å². The average molecular weight is 498 g/mol. The van der Waals surface area contributed by atoms with Crippen LogP contribution in [0.1, 0.15) is 35.6 Å². The first-order valence-corrected chi connectivity index (χ1v) is 15.5. The number of methoxy groups -OCH3 is 1. The van der Waals surface area contributed by atoms with E-state index in [1.807, 2.05) is 18.2 Å². The number of carbonyl (C=O) groups excluding carboxylic acids is 2. The molecule has 186 valence electrons. The highest BCUT2D eigenvalue weighted by Gasteiger charge is 2.44. The summed E-state index contributed by atoms with van der Waals surface area (Å²) in [7, 11) is -0.266. The molecule has 2 aromatic carbocycles. The zero-order valence-electron chi connectivity index (χ0n) is 20.6. The van der Waals surface area contributed by atoms with Crippen LogP contribution < -0.4 is 9.92 Å². The molecule has 0 spiro atoms. The van der Waals surface area contributed by atoms with Crippen LogP contribution in [-0.4, -0.2) is 49.4 Å². The van der Waals surface area contributed by atoms with Gasteiger partial charge in [0, 0.05) is 18.9 Å². The van der Waals surface area contributed by atoms with E-state index in [1.54, 1.807) is 24.1 Å². The van der Waals surface area contributed by atoms with Crippen LogP contribution in [0.25, 0.3) is 0 Å². The van der Waals surface area contributed by atoms with Gasteiger partial charge in [0.15, 0.2) is 5.78 Å². The molecule has 1 aliphatic carbocycles. The van der Waals surface area contributed by atoms with Crippen LogP contribution >= 0.6 is 0 Å². The van der Waals surface area contributed by atoms with Gasteiger partial charge in [-0.25, -0.2) is 4.39 Å². The van der Waals surface area contributed by atoms with Crippen molar-refractivity contribution in [3.8, 4) is 5.75 Å². The van der Waals surface area contributed by atoms with Crippen molar-refractivity contribution < 1.29 is 28.6 Å². The molecule has 1 saturated carbocycles. The Morgan fingerprint density at radius 2 is 1.80 bits per heavy atom. The van der Waals surface area contributed by atoms with Crippen molar-refractivity contribution in [2.45, 2.75) is 51.4 Å². The summed E-state index contributed by atoms with van der Waals surface area (Å²) in [6.07, 6.45) is 1.18. The van der Waals surface area contributed by atoms with E-state index in [2.05, 4.69) is 19.6 Å². The molecule has 1 heterocycles. The quantitative estimate of drug-likeness (QED) is 0.590. The molecule has 6 nitrogen and oxygen atoms in total. The third kappa shape index (κ3) is 5.03. The van der Waals surface area contributed by atoms with Gasteiger partial charge < -0.3 is 14.7 Å². The molecule has 1 amide bonds. The number of carbonyl (C=O) groups is 3. The Morgan fingerprint density at radius 3 is 2.40 bits per heavy atom. The third-order valence-corrected chi connectivity index (χ3v) is 9.24. The number of Topliss-reactive ketones (excluding diaryl/α,β-unsaturated/α-hetero) is 1. The minimum absolute atomic E-state index is 0.00519. The van der Waals surface area contributed by atoms with E-state index in [0.29, 0.717) is 37.1 Å². The Morgan fingerprint density at radius 1 is 1.09 bits per heavy atom. The summed E-state index contributed by atoms with van der Waals surface area (Å²) in [6.45, 7) is 6.58. The van der Waals surface area contributed by atoms with Gasteiger partial charge in [0.25, 0.3) is 0 Å². The van der Waals surface area contributed by atoms with Gasteiger partial charge in [0.1, 0.15) is 17.6 Å². The van der Waals surface area contributed by atoms with Gasteiger partial charge in [-0.2, -0.15) is 0 Å². The number of halogens is 1. The van der Waals surface area contributed by atoms with Crippen molar-refractivity contribution >= 4 is 30.9 Å². The SMILES string of the molecule is COc1ccc2c(c1)CCN(C(=O)C1CC(C(=O)O)C1)C2C(=O)Cc1ccc([Si](C)(C)C)c(F)c1. The van der Waals surface area contributed by atoms with Gasteiger partial charge in [-0.1, -0.05) is 37.8 Å². The van der Waals surface area contributed by atoms with Crippen molar-refractivity contribution in [2.24, 2.45) is 11.8 Å². The second kappa shape index (κ2) is 9.57. The minimum Gasteiger partial charge on any atom is -0.497 e. The molecule has 2 aromatic rings. The molecule has 0 radical (unpaired) electrons. The average Bonchev–Trinajstić information content (AvgIpc) is 2.75. The smallest absolute Gasteiger partial charge is 0.306 e. The van der Waals surface area contributed by atoms with Crippen molar-refractivity contribution in [1.82, 2.24) is 4.90 Å². The number of ether oxygens (including phenoxy) is 1. The van der Waals surface area contributed by atoms with Gasteiger partial charge in [0.05, 0.1) is 21.1 Å². The number of nitrogens with zero attached hydrogens (tertiary/aromatic N) is 1.